The van der Waals surface area contributed by atoms with Crippen molar-refractivity contribution in [3.05, 3.63) is 0 Å². The van der Waals surface area contributed by atoms with Gasteiger partial charge in [-0.15, -0.1) is 0 Å². The molecule has 4 nitrogen and oxygen atoms in total. The number of aliphatic hydroxyl groups excluding tert-OH is 1. The first-order valence-corrected chi connectivity index (χ1v) is 8.22. The van der Waals surface area contributed by atoms with Crippen LogP contribution in [0.4, 0.5) is 0 Å². The molecule has 0 aromatic rings. The van der Waals surface area contributed by atoms with Gasteiger partial charge in [-0.05, 0) is 39.2 Å². The predicted octanol–water partition coefficient (Wildman–Crippen LogP) is 2.16. The molecule has 20 heavy (non-hydrogen) atoms. The maximum atomic E-state index is 12.4. The average molecular weight is 284 g/mol. The highest BCUT2D eigenvalue weighted by atomic mass is 16.3. The van der Waals surface area contributed by atoms with Crippen LogP contribution in [0.2, 0.25) is 0 Å². The Labute approximate surface area is 123 Å². The molecule has 4 heteroatoms. The summed E-state index contributed by atoms with van der Waals surface area (Å²) in [5.74, 6) is 0.367. The molecule has 0 bridgehead atoms. The first-order valence-electron chi connectivity index (χ1n) is 8.22. The minimum atomic E-state index is -0.426. The number of aliphatic hydroxyl groups is 1. The van der Waals surface area contributed by atoms with Gasteiger partial charge in [0.25, 0.3) is 0 Å². The van der Waals surface area contributed by atoms with Gasteiger partial charge in [-0.25, -0.2) is 0 Å². The summed E-state index contributed by atoms with van der Waals surface area (Å²) in [4.78, 5) is 14.6. The van der Waals surface area contributed by atoms with Crippen molar-refractivity contribution in [2.75, 3.05) is 13.1 Å². The molecule has 2 N–H and O–H groups in total. The molecule has 118 valence electrons. The maximum Gasteiger partial charge on any atom is 0.237 e. The zero-order valence-electron chi connectivity index (χ0n) is 13.6. The summed E-state index contributed by atoms with van der Waals surface area (Å²) in [5.41, 5.74) is 0. The second-order valence-corrected chi connectivity index (χ2v) is 6.23. The Morgan fingerprint density at radius 2 is 1.95 bits per heavy atom. The molecule has 0 aromatic heterocycles. The highest BCUT2D eigenvalue weighted by molar-refractivity contribution is 5.81. The van der Waals surface area contributed by atoms with E-state index >= 15 is 0 Å². The van der Waals surface area contributed by atoms with Gasteiger partial charge in [-0.3, -0.25) is 9.69 Å². The second kappa shape index (κ2) is 8.63. The van der Waals surface area contributed by atoms with Gasteiger partial charge < -0.3 is 10.4 Å². The summed E-state index contributed by atoms with van der Waals surface area (Å²) in [6.07, 6.45) is 4.72. The van der Waals surface area contributed by atoms with Crippen LogP contribution < -0.4 is 5.32 Å². The summed E-state index contributed by atoms with van der Waals surface area (Å²) in [6, 6.07) is 0.382. The lowest BCUT2D eigenvalue weighted by Gasteiger charge is -2.37. The molecule has 1 saturated heterocycles. The molecule has 2 unspecified atom stereocenters. The van der Waals surface area contributed by atoms with Crippen molar-refractivity contribution in [2.24, 2.45) is 5.92 Å². The molecule has 2 atom stereocenters. The highest BCUT2D eigenvalue weighted by Gasteiger charge is 2.30. The van der Waals surface area contributed by atoms with E-state index < -0.39 is 6.10 Å². The zero-order chi connectivity index (χ0) is 15.1. The van der Waals surface area contributed by atoms with E-state index in [-0.39, 0.29) is 17.9 Å². The van der Waals surface area contributed by atoms with Crippen molar-refractivity contribution in [1.82, 2.24) is 10.2 Å². The third-order valence-electron chi connectivity index (χ3n) is 4.59. The zero-order valence-corrected chi connectivity index (χ0v) is 13.6. The number of rotatable bonds is 7. The number of likely N-dealkylation sites (tertiary alicyclic amines) is 1. The summed E-state index contributed by atoms with van der Waals surface area (Å²) in [6.45, 7) is 9.84. The van der Waals surface area contributed by atoms with Gasteiger partial charge >= 0.3 is 0 Å². The minimum absolute atomic E-state index is 0.0161. The van der Waals surface area contributed by atoms with E-state index in [0.717, 1.165) is 32.2 Å². The third kappa shape index (κ3) is 4.74. The van der Waals surface area contributed by atoms with E-state index in [4.69, 9.17) is 0 Å². The van der Waals surface area contributed by atoms with E-state index in [1.54, 1.807) is 0 Å². The number of hydrogen-bond donors (Lipinski definition) is 2. The number of amides is 1. The van der Waals surface area contributed by atoms with Crippen LogP contribution in [0.15, 0.2) is 0 Å². The van der Waals surface area contributed by atoms with Gasteiger partial charge in [-0.2, -0.15) is 0 Å². The number of piperidine rings is 1. The van der Waals surface area contributed by atoms with Gasteiger partial charge in [0, 0.05) is 12.6 Å². The van der Waals surface area contributed by atoms with Crippen LogP contribution >= 0.6 is 0 Å². The third-order valence-corrected chi connectivity index (χ3v) is 4.59. The quantitative estimate of drug-likeness (QED) is 0.753. The minimum Gasteiger partial charge on any atom is -0.391 e. The molecule has 0 aromatic carbocycles. The molecule has 1 aliphatic rings. The number of nitrogens with one attached hydrogen (secondary N) is 1. The molecule has 0 radical (unpaired) electrons. The van der Waals surface area contributed by atoms with Crippen molar-refractivity contribution in [1.29, 1.82) is 0 Å². The Morgan fingerprint density at radius 1 is 1.30 bits per heavy atom. The van der Waals surface area contributed by atoms with E-state index in [0.29, 0.717) is 12.6 Å². The van der Waals surface area contributed by atoms with E-state index in [1.807, 2.05) is 0 Å². The number of hydrogen-bond acceptors (Lipinski definition) is 3. The molecule has 1 fully saturated rings. The van der Waals surface area contributed by atoms with Crippen LogP contribution in [-0.4, -0.2) is 47.2 Å². The van der Waals surface area contributed by atoms with E-state index in [9.17, 15) is 9.90 Å². The smallest absolute Gasteiger partial charge is 0.237 e. The molecular weight excluding hydrogens is 252 g/mol. The average Bonchev–Trinajstić information content (AvgIpc) is 2.46. The van der Waals surface area contributed by atoms with Crippen LogP contribution in [0.5, 0.6) is 0 Å². The predicted molar refractivity (Wildman–Crippen MR) is 82.6 cm³/mol. The lowest BCUT2D eigenvalue weighted by molar-refractivity contribution is -0.129. The molecule has 0 spiro atoms. The number of carbonyl (C=O) groups is 1. The molecule has 0 aliphatic carbocycles. The van der Waals surface area contributed by atoms with Crippen molar-refractivity contribution in [3.63, 3.8) is 0 Å². The summed E-state index contributed by atoms with van der Waals surface area (Å²) >= 11 is 0. The summed E-state index contributed by atoms with van der Waals surface area (Å²) in [5, 5.41) is 13.1. The molecule has 1 heterocycles. The van der Waals surface area contributed by atoms with Gasteiger partial charge in [0.15, 0.2) is 0 Å². The van der Waals surface area contributed by atoms with E-state index in [1.165, 1.54) is 6.42 Å². The fourth-order valence-corrected chi connectivity index (χ4v) is 3.18. The fourth-order valence-electron chi connectivity index (χ4n) is 3.18. The first-order chi connectivity index (χ1) is 9.51. The molecular formula is C16H32N2O2. The van der Waals surface area contributed by atoms with Gasteiger partial charge in [0.1, 0.15) is 0 Å². The highest BCUT2D eigenvalue weighted by Crippen LogP contribution is 2.20. The topological polar surface area (TPSA) is 52.6 Å². The van der Waals surface area contributed by atoms with Gasteiger partial charge in [0.05, 0.1) is 12.1 Å². The molecule has 1 amide bonds. The van der Waals surface area contributed by atoms with Crippen LogP contribution in [0.1, 0.15) is 59.8 Å². The first kappa shape index (κ1) is 17.4. The summed E-state index contributed by atoms with van der Waals surface area (Å²) < 4.78 is 0. The van der Waals surface area contributed by atoms with Gasteiger partial charge in [-0.1, -0.05) is 33.1 Å². The number of nitrogens with zero attached hydrogens (tertiary/aromatic N) is 1. The lowest BCUT2D eigenvalue weighted by atomic mass is 9.96. The SMILES string of the molecule is CCC(CC)C(O)CNC(=O)C1CCCCN1C(C)C. The Bertz CT molecular complexity index is 290. The summed E-state index contributed by atoms with van der Waals surface area (Å²) in [7, 11) is 0. The monoisotopic (exact) mass is 284 g/mol. The Hall–Kier alpha value is -0.610. The van der Waals surface area contributed by atoms with Crippen LogP contribution in [0, 0.1) is 5.92 Å². The molecule has 1 aliphatic heterocycles. The van der Waals surface area contributed by atoms with Crippen LogP contribution in [0.3, 0.4) is 0 Å². The lowest BCUT2D eigenvalue weighted by Crippen LogP contribution is -2.53. The fraction of sp³-hybridized carbons (Fsp3) is 0.938. The molecule has 0 saturated carbocycles. The standard InChI is InChI=1S/C16H32N2O2/c1-5-13(6-2)15(19)11-17-16(20)14-9-7-8-10-18(14)12(3)4/h12-15,19H,5-11H2,1-4H3,(H,17,20). The van der Waals surface area contributed by atoms with Crippen molar-refractivity contribution >= 4 is 5.91 Å². The normalized spacial score (nSPS) is 22.2. The van der Waals surface area contributed by atoms with Gasteiger partial charge in [0.2, 0.25) is 5.91 Å². The number of carbonyl (C=O) groups excluding carboxylic acids is 1. The van der Waals surface area contributed by atoms with Crippen molar-refractivity contribution in [3.8, 4) is 0 Å². The Kier molecular flexibility index (Phi) is 7.52. The van der Waals surface area contributed by atoms with E-state index in [2.05, 4.69) is 37.9 Å². The Morgan fingerprint density at radius 3 is 2.50 bits per heavy atom. The van der Waals surface area contributed by atoms with Crippen molar-refractivity contribution < 1.29 is 9.90 Å². The van der Waals surface area contributed by atoms with Crippen molar-refractivity contribution in [2.45, 2.75) is 78.0 Å². The largest absolute Gasteiger partial charge is 0.391 e. The van der Waals surface area contributed by atoms with Crippen LogP contribution in [0.25, 0.3) is 0 Å². The second-order valence-electron chi connectivity index (χ2n) is 6.23. The molecule has 1 rings (SSSR count). The maximum absolute atomic E-state index is 12.4. The van der Waals surface area contributed by atoms with Crippen LogP contribution in [-0.2, 0) is 4.79 Å². The Balaban J connectivity index is 2.48.